The summed E-state index contributed by atoms with van der Waals surface area (Å²) in [5.41, 5.74) is -1.06. The van der Waals surface area contributed by atoms with Gasteiger partial charge < -0.3 is 20.2 Å². The standard InChI is InChI=1S/C13H25N3O3/c1-13(11(17)18)7-4-5-10-16(13)12(19)15(3)9-6-8-14-2/h14H,4-10H2,1-3H3,(H,17,18). The fourth-order valence-corrected chi connectivity index (χ4v) is 2.44. The SMILES string of the molecule is CNCCCN(C)C(=O)N1CCCCC1(C)C(=O)O. The molecule has 1 aliphatic heterocycles. The highest BCUT2D eigenvalue weighted by Gasteiger charge is 2.44. The Morgan fingerprint density at radius 2 is 2.11 bits per heavy atom. The Balaban J connectivity index is 2.69. The predicted octanol–water partition coefficient (Wildman–Crippen LogP) is 0.977. The number of rotatable bonds is 5. The number of nitrogens with zero attached hydrogens (tertiary/aromatic N) is 2. The van der Waals surface area contributed by atoms with Crippen molar-refractivity contribution in [2.75, 3.05) is 33.7 Å². The van der Waals surface area contributed by atoms with Gasteiger partial charge in [-0.3, -0.25) is 0 Å². The molecule has 1 aliphatic rings. The first-order valence-corrected chi connectivity index (χ1v) is 6.84. The Labute approximate surface area is 114 Å². The lowest BCUT2D eigenvalue weighted by atomic mass is 9.89. The highest BCUT2D eigenvalue weighted by molar-refractivity contribution is 5.86. The van der Waals surface area contributed by atoms with E-state index in [1.54, 1.807) is 18.9 Å². The van der Waals surface area contributed by atoms with Crippen LogP contribution in [-0.2, 0) is 4.79 Å². The average Bonchev–Trinajstić information content (AvgIpc) is 2.38. The molecule has 0 aromatic heterocycles. The van der Waals surface area contributed by atoms with Crippen molar-refractivity contribution in [1.29, 1.82) is 0 Å². The number of hydrogen-bond donors (Lipinski definition) is 2. The van der Waals surface area contributed by atoms with Gasteiger partial charge in [-0.2, -0.15) is 0 Å². The smallest absolute Gasteiger partial charge is 0.329 e. The summed E-state index contributed by atoms with van der Waals surface area (Å²) in [6.07, 6.45) is 3.11. The lowest BCUT2D eigenvalue weighted by Crippen LogP contribution is -2.60. The monoisotopic (exact) mass is 271 g/mol. The lowest BCUT2D eigenvalue weighted by Gasteiger charge is -2.43. The molecule has 0 bridgehead atoms. The van der Waals surface area contributed by atoms with Crippen molar-refractivity contribution in [3.05, 3.63) is 0 Å². The highest BCUT2D eigenvalue weighted by Crippen LogP contribution is 2.29. The maximum atomic E-state index is 12.4. The third-order valence-corrected chi connectivity index (χ3v) is 3.83. The number of carboxylic acids is 1. The Morgan fingerprint density at radius 1 is 1.42 bits per heavy atom. The van der Waals surface area contributed by atoms with E-state index < -0.39 is 11.5 Å². The third-order valence-electron chi connectivity index (χ3n) is 3.83. The molecule has 1 saturated heterocycles. The number of urea groups is 1. The van der Waals surface area contributed by atoms with Gasteiger partial charge in [0.15, 0.2) is 0 Å². The first kappa shape index (κ1) is 15.8. The molecule has 110 valence electrons. The first-order valence-electron chi connectivity index (χ1n) is 6.84. The van der Waals surface area contributed by atoms with Gasteiger partial charge >= 0.3 is 12.0 Å². The van der Waals surface area contributed by atoms with Crippen molar-refractivity contribution in [3.8, 4) is 0 Å². The molecule has 1 heterocycles. The Hall–Kier alpha value is -1.30. The van der Waals surface area contributed by atoms with Gasteiger partial charge in [-0.05, 0) is 46.2 Å². The van der Waals surface area contributed by atoms with Crippen LogP contribution in [0.5, 0.6) is 0 Å². The van der Waals surface area contributed by atoms with Crippen LogP contribution in [0, 0.1) is 0 Å². The van der Waals surface area contributed by atoms with E-state index >= 15 is 0 Å². The molecule has 2 N–H and O–H groups in total. The minimum absolute atomic E-state index is 0.180. The van der Waals surface area contributed by atoms with Crippen LogP contribution >= 0.6 is 0 Å². The number of likely N-dealkylation sites (tertiary alicyclic amines) is 1. The number of amides is 2. The molecule has 0 radical (unpaired) electrons. The van der Waals surface area contributed by atoms with Gasteiger partial charge in [-0.15, -0.1) is 0 Å². The molecule has 1 atom stereocenters. The molecule has 6 nitrogen and oxygen atoms in total. The van der Waals surface area contributed by atoms with Gasteiger partial charge in [0.1, 0.15) is 5.54 Å². The minimum atomic E-state index is -1.06. The second-order valence-corrected chi connectivity index (χ2v) is 5.35. The maximum Gasteiger partial charge on any atom is 0.329 e. The van der Waals surface area contributed by atoms with Gasteiger partial charge in [0.25, 0.3) is 0 Å². The number of aliphatic carboxylic acids is 1. The maximum absolute atomic E-state index is 12.4. The number of hydrogen-bond acceptors (Lipinski definition) is 3. The largest absolute Gasteiger partial charge is 0.480 e. The molecule has 1 rings (SSSR count). The normalized spacial score (nSPS) is 23.2. The molecule has 2 amide bonds. The van der Waals surface area contributed by atoms with Crippen molar-refractivity contribution in [3.63, 3.8) is 0 Å². The zero-order valence-corrected chi connectivity index (χ0v) is 12.1. The molecule has 0 saturated carbocycles. The Morgan fingerprint density at radius 3 is 2.68 bits per heavy atom. The topological polar surface area (TPSA) is 72.9 Å². The van der Waals surface area contributed by atoms with Crippen LogP contribution in [0.15, 0.2) is 0 Å². The molecular formula is C13H25N3O3. The minimum Gasteiger partial charge on any atom is -0.480 e. The average molecular weight is 271 g/mol. The summed E-state index contributed by atoms with van der Waals surface area (Å²) in [4.78, 5) is 27.0. The van der Waals surface area contributed by atoms with Crippen LogP contribution in [0.1, 0.15) is 32.6 Å². The van der Waals surface area contributed by atoms with Gasteiger partial charge in [0, 0.05) is 20.1 Å². The summed E-state index contributed by atoms with van der Waals surface area (Å²) in [7, 11) is 3.60. The van der Waals surface area contributed by atoms with Crippen LogP contribution in [-0.4, -0.2) is 66.2 Å². The van der Waals surface area contributed by atoms with Crippen molar-refractivity contribution < 1.29 is 14.7 Å². The molecule has 0 spiro atoms. The predicted molar refractivity (Wildman–Crippen MR) is 73.2 cm³/mol. The Kier molecular flexibility index (Phi) is 5.60. The second kappa shape index (κ2) is 6.75. The molecule has 1 fully saturated rings. The van der Waals surface area contributed by atoms with Crippen LogP contribution in [0.4, 0.5) is 4.79 Å². The molecule has 19 heavy (non-hydrogen) atoms. The third kappa shape index (κ3) is 3.59. The summed E-state index contributed by atoms with van der Waals surface area (Å²) in [6.45, 7) is 3.64. The van der Waals surface area contributed by atoms with Crippen molar-refractivity contribution >= 4 is 12.0 Å². The van der Waals surface area contributed by atoms with E-state index in [1.807, 2.05) is 7.05 Å². The van der Waals surface area contributed by atoms with E-state index in [4.69, 9.17) is 0 Å². The highest BCUT2D eigenvalue weighted by atomic mass is 16.4. The fourth-order valence-electron chi connectivity index (χ4n) is 2.44. The summed E-state index contributed by atoms with van der Waals surface area (Å²) >= 11 is 0. The van der Waals surface area contributed by atoms with Gasteiger partial charge in [-0.1, -0.05) is 0 Å². The number of piperidine rings is 1. The number of carboxylic acid groups (broad SMARTS) is 1. The second-order valence-electron chi connectivity index (χ2n) is 5.35. The van der Waals surface area contributed by atoms with E-state index in [1.165, 1.54) is 4.90 Å². The van der Waals surface area contributed by atoms with Crippen molar-refractivity contribution in [2.45, 2.75) is 38.1 Å². The summed E-state index contributed by atoms with van der Waals surface area (Å²) < 4.78 is 0. The van der Waals surface area contributed by atoms with E-state index in [0.29, 0.717) is 19.5 Å². The van der Waals surface area contributed by atoms with E-state index in [2.05, 4.69) is 5.32 Å². The molecule has 1 unspecified atom stereocenters. The molecule has 6 heteroatoms. The van der Waals surface area contributed by atoms with Crippen LogP contribution < -0.4 is 5.32 Å². The molecule has 0 aromatic rings. The van der Waals surface area contributed by atoms with Crippen molar-refractivity contribution in [2.24, 2.45) is 0 Å². The van der Waals surface area contributed by atoms with E-state index in [9.17, 15) is 14.7 Å². The van der Waals surface area contributed by atoms with Gasteiger partial charge in [-0.25, -0.2) is 9.59 Å². The van der Waals surface area contributed by atoms with Crippen LogP contribution in [0.25, 0.3) is 0 Å². The quantitative estimate of drug-likeness (QED) is 0.731. The number of carbonyl (C=O) groups excluding carboxylic acids is 1. The van der Waals surface area contributed by atoms with E-state index in [0.717, 1.165) is 25.8 Å². The van der Waals surface area contributed by atoms with Crippen LogP contribution in [0.2, 0.25) is 0 Å². The fraction of sp³-hybridized carbons (Fsp3) is 0.846. The number of nitrogens with one attached hydrogen (secondary N) is 1. The van der Waals surface area contributed by atoms with Crippen molar-refractivity contribution in [1.82, 2.24) is 15.1 Å². The van der Waals surface area contributed by atoms with Gasteiger partial charge in [0.2, 0.25) is 0 Å². The summed E-state index contributed by atoms with van der Waals surface area (Å²) in [5, 5.41) is 12.4. The van der Waals surface area contributed by atoms with E-state index in [-0.39, 0.29) is 6.03 Å². The van der Waals surface area contributed by atoms with Gasteiger partial charge in [0.05, 0.1) is 0 Å². The molecule has 0 aliphatic carbocycles. The molecule has 0 aromatic carbocycles. The summed E-state index contributed by atoms with van der Waals surface area (Å²) in [6, 6.07) is -0.180. The molecular weight excluding hydrogens is 246 g/mol. The Bertz CT molecular complexity index is 335. The zero-order valence-electron chi connectivity index (χ0n) is 12.1. The number of carbonyl (C=O) groups is 2. The lowest BCUT2D eigenvalue weighted by molar-refractivity contribution is -0.150. The first-order chi connectivity index (χ1) is 8.93. The van der Waals surface area contributed by atoms with Crippen LogP contribution in [0.3, 0.4) is 0 Å². The zero-order chi connectivity index (χ0) is 14.5. The summed E-state index contributed by atoms with van der Waals surface area (Å²) in [5.74, 6) is -0.913.